The van der Waals surface area contributed by atoms with Crippen molar-refractivity contribution in [2.24, 2.45) is 0 Å². The van der Waals surface area contributed by atoms with E-state index in [1.807, 2.05) is 0 Å². The van der Waals surface area contributed by atoms with E-state index >= 15 is 0 Å². The highest BCUT2D eigenvalue weighted by Gasteiger charge is 2.23. The fourth-order valence-corrected chi connectivity index (χ4v) is 1.55. The molecule has 0 aromatic heterocycles. The van der Waals surface area contributed by atoms with Crippen LogP contribution in [0.4, 0.5) is 4.39 Å². The Morgan fingerprint density at radius 1 is 1.19 bits per heavy atom. The minimum atomic E-state index is -0.712. The molecule has 1 aliphatic rings. The maximum absolute atomic E-state index is 12.7. The summed E-state index contributed by atoms with van der Waals surface area (Å²) in [5.74, 6) is -2.03. The molecule has 0 unspecified atom stereocenters. The maximum atomic E-state index is 12.7. The predicted molar refractivity (Wildman–Crippen MR) is 70.9 cm³/mol. The summed E-state index contributed by atoms with van der Waals surface area (Å²) in [4.78, 5) is 34.3. The van der Waals surface area contributed by atoms with Gasteiger partial charge in [0.05, 0.1) is 0 Å². The summed E-state index contributed by atoms with van der Waals surface area (Å²) in [6.45, 7) is -0.714. The summed E-state index contributed by atoms with van der Waals surface area (Å²) in [6, 6.07) is 5.11. The molecule has 1 fully saturated rings. The molecule has 6 nitrogen and oxygen atoms in total. The zero-order valence-electron chi connectivity index (χ0n) is 11.2. The summed E-state index contributed by atoms with van der Waals surface area (Å²) in [7, 11) is 0. The first kappa shape index (κ1) is 15.0. The zero-order chi connectivity index (χ0) is 15.2. The fourth-order valence-electron chi connectivity index (χ4n) is 1.55. The molecule has 1 saturated carbocycles. The van der Waals surface area contributed by atoms with Crippen LogP contribution < -0.4 is 10.6 Å². The number of nitrogens with one attached hydrogen (secondary N) is 2. The Balaban J connectivity index is 1.66. The molecule has 0 bridgehead atoms. The number of halogens is 1. The molecule has 1 aliphatic carbocycles. The van der Waals surface area contributed by atoms with Crippen molar-refractivity contribution >= 4 is 17.8 Å². The van der Waals surface area contributed by atoms with Gasteiger partial charge in [0.1, 0.15) is 12.4 Å². The third-order valence-electron chi connectivity index (χ3n) is 2.81. The van der Waals surface area contributed by atoms with E-state index in [1.54, 1.807) is 0 Å². The molecule has 7 heteroatoms. The second-order valence-electron chi connectivity index (χ2n) is 4.69. The second-order valence-corrected chi connectivity index (χ2v) is 4.69. The highest BCUT2D eigenvalue weighted by Crippen LogP contribution is 2.18. The lowest BCUT2D eigenvalue weighted by Crippen LogP contribution is -2.34. The first-order valence-corrected chi connectivity index (χ1v) is 6.53. The molecular weight excluding hydrogens is 279 g/mol. The van der Waals surface area contributed by atoms with Crippen molar-refractivity contribution in [3.63, 3.8) is 0 Å². The quantitative estimate of drug-likeness (QED) is 0.743. The Bertz CT molecular complexity index is 540. The Kier molecular flexibility index (Phi) is 4.86. The lowest BCUT2D eigenvalue weighted by atomic mass is 10.2. The number of esters is 1. The van der Waals surface area contributed by atoms with Gasteiger partial charge in [0.25, 0.3) is 11.8 Å². The van der Waals surface area contributed by atoms with Crippen LogP contribution in [0.5, 0.6) is 0 Å². The van der Waals surface area contributed by atoms with Gasteiger partial charge in [-0.1, -0.05) is 0 Å². The molecule has 0 atom stereocenters. The Labute approximate surface area is 120 Å². The van der Waals surface area contributed by atoms with Gasteiger partial charge in [0.15, 0.2) is 6.61 Å². The number of amides is 2. The minimum Gasteiger partial charge on any atom is -0.454 e. The van der Waals surface area contributed by atoms with Crippen LogP contribution >= 0.6 is 0 Å². The molecule has 1 aromatic rings. The number of rotatable bonds is 6. The zero-order valence-corrected chi connectivity index (χ0v) is 11.2. The van der Waals surface area contributed by atoms with Crippen LogP contribution in [0.2, 0.25) is 0 Å². The molecular formula is C14H15FN2O4. The monoisotopic (exact) mass is 294 g/mol. The highest BCUT2D eigenvalue weighted by molar-refractivity contribution is 5.96. The second kappa shape index (κ2) is 6.83. The molecule has 1 aromatic carbocycles. The largest absolute Gasteiger partial charge is 0.454 e. The first-order chi connectivity index (χ1) is 10.0. The third-order valence-corrected chi connectivity index (χ3v) is 2.81. The first-order valence-electron chi connectivity index (χ1n) is 6.53. The van der Waals surface area contributed by atoms with Gasteiger partial charge in [-0.2, -0.15) is 0 Å². The fraction of sp³-hybridized carbons (Fsp3) is 0.357. The van der Waals surface area contributed by atoms with Crippen molar-refractivity contribution < 1.29 is 23.5 Å². The topological polar surface area (TPSA) is 84.5 Å². The van der Waals surface area contributed by atoms with Gasteiger partial charge in [0.2, 0.25) is 0 Å². The number of hydrogen-bond acceptors (Lipinski definition) is 4. The van der Waals surface area contributed by atoms with Crippen molar-refractivity contribution in [3.05, 3.63) is 35.6 Å². The Morgan fingerprint density at radius 3 is 2.48 bits per heavy atom. The van der Waals surface area contributed by atoms with Crippen LogP contribution in [0.1, 0.15) is 23.2 Å². The molecule has 0 aliphatic heterocycles. The summed E-state index contributed by atoms with van der Waals surface area (Å²) in [5.41, 5.74) is 0.232. The minimum absolute atomic E-state index is 0.203. The van der Waals surface area contributed by atoms with Crippen molar-refractivity contribution in [1.29, 1.82) is 0 Å². The van der Waals surface area contributed by atoms with Crippen LogP contribution in [-0.4, -0.2) is 37.0 Å². The Hall–Kier alpha value is -2.44. The SMILES string of the molecule is O=C(COC(=O)CNC(=O)c1ccc(F)cc1)NC1CC1. The number of hydrogen-bond donors (Lipinski definition) is 2. The van der Waals surface area contributed by atoms with Gasteiger partial charge in [-0.25, -0.2) is 4.39 Å². The van der Waals surface area contributed by atoms with E-state index < -0.39 is 17.7 Å². The third kappa shape index (κ3) is 5.21. The molecule has 2 rings (SSSR count). The average Bonchev–Trinajstić information content (AvgIpc) is 3.27. The van der Waals surface area contributed by atoms with Crippen LogP contribution in [-0.2, 0) is 14.3 Å². The van der Waals surface area contributed by atoms with E-state index in [-0.39, 0.29) is 30.7 Å². The van der Waals surface area contributed by atoms with Gasteiger partial charge < -0.3 is 15.4 Å². The van der Waals surface area contributed by atoms with Crippen molar-refractivity contribution in [2.45, 2.75) is 18.9 Å². The number of carbonyl (C=O) groups excluding carboxylic acids is 3. The molecule has 2 amide bonds. The van der Waals surface area contributed by atoms with E-state index in [0.29, 0.717) is 0 Å². The van der Waals surface area contributed by atoms with Crippen LogP contribution in [0.3, 0.4) is 0 Å². The van der Waals surface area contributed by atoms with E-state index in [1.165, 1.54) is 12.1 Å². The molecule has 21 heavy (non-hydrogen) atoms. The van der Waals surface area contributed by atoms with Crippen molar-refractivity contribution in [3.8, 4) is 0 Å². The van der Waals surface area contributed by atoms with Gasteiger partial charge >= 0.3 is 5.97 Å². The highest BCUT2D eigenvalue weighted by atomic mass is 19.1. The predicted octanol–water partition coefficient (Wildman–Crippen LogP) is 0.377. The number of ether oxygens (including phenoxy) is 1. The van der Waals surface area contributed by atoms with Crippen molar-refractivity contribution in [1.82, 2.24) is 10.6 Å². The smallest absolute Gasteiger partial charge is 0.325 e. The van der Waals surface area contributed by atoms with Crippen molar-refractivity contribution in [2.75, 3.05) is 13.2 Å². The Morgan fingerprint density at radius 2 is 1.86 bits per heavy atom. The summed E-state index contributed by atoms with van der Waals surface area (Å²) in [6.07, 6.45) is 1.90. The summed E-state index contributed by atoms with van der Waals surface area (Å²) >= 11 is 0. The molecule has 112 valence electrons. The van der Waals surface area contributed by atoms with E-state index in [0.717, 1.165) is 25.0 Å². The van der Waals surface area contributed by atoms with Crippen LogP contribution in [0, 0.1) is 5.82 Å². The van der Waals surface area contributed by atoms with E-state index in [4.69, 9.17) is 4.74 Å². The van der Waals surface area contributed by atoms with Gasteiger partial charge in [-0.3, -0.25) is 14.4 Å². The molecule has 0 saturated heterocycles. The molecule has 0 spiro atoms. The standard InChI is InChI=1S/C14H15FN2O4/c15-10-3-1-9(2-4-10)14(20)16-7-13(19)21-8-12(18)17-11-5-6-11/h1-4,11H,5-8H2,(H,16,20)(H,17,18). The maximum Gasteiger partial charge on any atom is 0.325 e. The van der Waals surface area contributed by atoms with E-state index in [2.05, 4.69) is 10.6 Å². The lowest BCUT2D eigenvalue weighted by Gasteiger charge is -2.07. The van der Waals surface area contributed by atoms with Crippen LogP contribution in [0.15, 0.2) is 24.3 Å². The number of benzene rings is 1. The summed E-state index contributed by atoms with van der Waals surface area (Å²) < 4.78 is 17.4. The van der Waals surface area contributed by atoms with Gasteiger partial charge in [-0.05, 0) is 37.1 Å². The average molecular weight is 294 g/mol. The molecule has 0 radical (unpaired) electrons. The molecule has 2 N–H and O–H groups in total. The lowest BCUT2D eigenvalue weighted by molar-refractivity contribution is -0.147. The molecule has 0 heterocycles. The van der Waals surface area contributed by atoms with Gasteiger partial charge in [0, 0.05) is 11.6 Å². The number of carbonyl (C=O) groups is 3. The normalized spacial score (nSPS) is 13.4. The van der Waals surface area contributed by atoms with Gasteiger partial charge in [-0.15, -0.1) is 0 Å². The van der Waals surface area contributed by atoms with Crippen LogP contribution in [0.25, 0.3) is 0 Å². The summed E-state index contributed by atoms with van der Waals surface area (Å²) in [5, 5.41) is 4.99. The van der Waals surface area contributed by atoms with E-state index in [9.17, 15) is 18.8 Å².